The summed E-state index contributed by atoms with van der Waals surface area (Å²) in [6, 6.07) is 30.0. The summed E-state index contributed by atoms with van der Waals surface area (Å²) >= 11 is 12.8. The zero-order valence-corrected chi connectivity index (χ0v) is 25.5. The van der Waals surface area contributed by atoms with Crippen molar-refractivity contribution in [1.82, 2.24) is 0 Å². The smallest absolute Gasteiger partial charge is 0.246 e. The van der Waals surface area contributed by atoms with E-state index >= 15 is 0 Å². The van der Waals surface area contributed by atoms with Crippen LogP contribution in [0.15, 0.2) is 108 Å². The van der Waals surface area contributed by atoms with Crippen molar-refractivity contribution in [3.8, 4) is 0 Å². The number of halogens is 2. The Labute approximate surface area is 247 Å². The van der Waals surface area contributed by atoms with E-state index in [9.17, 15) is 8.42 Å². The average molecular weight is 589 g/mol. The molecule has 0 spiro atoms. The molecule has 0 N–H and O–H groups in total. The Morgan fingerprint density at radius 3 is 1.60 bits per heavy atom. The summed E-state index contributed by atoms with van der Waals surface area (Å²) in [7, 11) is -4.07. The minimum atomic E-state index is -4.07. The number of para-hydroxylation sites is 1. The molecule has 4 aromatic carbocycles. The second-order valence-electron chi connectivity index (χ2n) is 11.8. The van der Waals surface area contributed by atoms with Gasteiger partial charge in [-0.15, -0.1) is 0 Å². The third-order valence-electron chi connectivity index (χ3n) is 9.14. The Kier molecular flexibility index (Phi) is 6.09. The lowest BCUT2D eigenvalue weighted by Crippen LogP contribution is -2.48. The molecule has 1 fully saturated rings. The first kappa shape index (κ1) is 27.1. The number of aryl methyl sites for hydroxylation is 1. The summed E-state index contributed by atoms with van der Waals surface area (Å²) in [5.41, 5.74) is 4.91. The molecule has 3 nitrogen and oxygen atoms in total. The van der Waals surface area contributed by atoms with Gasteiger partial charge in [-0.05, 0) is 76.9 Å². The lowest BCUT2D eigenvalue weighted by Gasteiger charge is -2.41. The Bertz CT molecular complexity index is 1710. The fourth-order valence-corrected chi connectivity index (χ4v) is 8.53. The first-order valence-corrected chi connectivity index (χ1v) is 15.5. The largest absolute Gasteiger partial charge is 0.265 e. The number of nitrogens with zero attached hydrogens (tertiary/aromatic N) is 1. The van der Waals surface area contributed by atoms with Crippen LogP contribution in [0.25, 0.3) is 5.57 Å². The summed E-state index contributed by atoms with van der Waals surface area (Å²) in [6.07, 6.45) is 0. The standard InChI is InChI=1S/C34H31Cl2NO2S/c1-22-10-20-27(21-11-22)40(38,39)37-29-9-7-6-8-28(29)30(31-32(2,3)33(31,4)5)34(37,23-12-16-25(35)17-13-23)24-14-18-26(36)19-15-24/h6-21H,1-5H3. The topological polar surface area (TPSA) is 37.4 Å². The molecule has 204 valence electrons. The van der Waals surface area contributed by atoms with Gasteiger partial charge in [0.05, 0.1) is 10.6 Å². The van der Waals surface area contributed by atoms with Crippen molar-refractivity contribution in [3.63, 3.8) is 0 Å². The molecule has 0 amide bonds. The molecule has 1 saturated carbocycles. The molecule has 1 aliphatic carbocycles. The third kappa shape index (κ3) is 3.66. The highest BCUT2D eigenvalue weighted by Gasteiger charge is 2.67. The van der Waals surface area contributed by atoms with Gasteiger partial charge in [0.2, 0.25) is 0 Å². The Hall–Kier alpha value is -3.05. The van der Waals surface area contributed by atoms with E-state index in [4.69, 9.17) is 23.2 Å². The van der Waals surface area contributed by atoms with Gasteiger partial charge in [0.25, 0.3) is 10.0 Å². The fraction of sp³-hybridized carbons (Fsp3) is 0.235. The summed E-state index contributed by atoms with van der Waals surface area (Å²) in [4.78, 5) is 0.237. The molecule has 4 aromatic rings. The van der Waals surface area contributed by atoms with Gasteiger partial charge >= 0.3 is 0 Å². The molecule has 1 aliphatic heterocycles. The van der Waals surface area contributed by atoms with Crippen molar-refractivity contribution in [2.24, 2.45) is 10.8 Å². The van der Waals surface area contributed by atoms with E-state index in [0.29, 0.717) is 15.7 Å². The van der Waals surface area contributed by atoms with Gasteiger partial charge < -0.3 is 0 Å². The lowest BCUT2D eigenvalue weighted by atomic mass is 9.75. The fourth-order valence-electron chi connectivity index (χ4n) is 6.51. The maximum Gasteiger partial charge on any atom is 0.265 e. The van der Waals surface area contributed by atoms with Crippen LogP contribution in [0.3, 0.4) is 0 Å². The van der Waals surface area contributed by atoms with E-state index in [0.717, 1.165) is 27.8 Å². The third-order valence-corrected chi connectivity index (χ3v) is 11.5. The molecule has 40 heavy (non-hydrogen) atoms. The van der Waals surface area contributed by atoms with Crippen molar-refractivity contribution in [1.29, 1.82) is 0 Å². The van der Waals surface area contributed by atoms with Crippen LogP contribution in [0, 0.1) is 17.8 Å². The molecule has 6 heteroatoms. The van der Waals surface area contributed by atoms with Crippen molar-refractivity contribution in [3.05, 3.63) is 135 Å². The number of sulfonamides is 1. The van der Waals surface area contributed by atoms with Crippen molar-refractivity contribution in [2.45, 2.75) is 45.1 Å². The van der Waals surface area contributed by atoms with Crippen LogP contribution in [0.1, 0.15) is 49.9 Å². The number of rotatable bonds is 4. The summed E-state index contributed by atoms with van der Waals surface area (Å²) in [5.74, 6) is 0. The Morgan fingerprint density at radius 2 is 1.12 bits per heavy atom. The maximum atomic E-state index is 15.0. The summed E-state index contributed by atoms with van der Waals surface area (Å²) in [5, 5.41) is 1.17. The van der Waals surface area contributed by atoms with Crippen LogP contribution >= 0.6 is 23.2 Å². The van der Waals surface area contributed by atoms with Crippen molar-refractivity contribution < 1.29 is 8.42 Å². The maximum absolute atomic E-state index is 15.0. The normalized spacial score (nSPS) is 18.5. The predicted molar refractivity (Wildman–Crippen MR) is 165 cm³/mol. The minimum Gasteiger partial charge on any atom is -0.246 e. The zero-order chi connectivity index (χ0) is 28.7. The van der Waals surface area contributed by atoms with Gasteiger partial charge in [0.15, 0.2) is 0 Å². The number of hydrogen-bond acceptors (Lipinski definition) is 2. The van der Waals surface area contributed by atoms with Gasteiger partial charge in [-0.3, -0.25) is 0 Å². The van der Waals surface area contributed by atoms with Crippen LogP contribution in [-0.2, 0) is 15.6 Å². The van der Waals surface area contributed by atoms with E-state index in [1.165, 1.54) is 5.57 Å². The van der Waals surface area contributed by atoms with Gasteiger partial charge in [0.1, 0.15) is 5.54 Å². The highest BCUT2D eigenvalue weighted by atomic mass is 35.5. The molecule has 1 heterocycles. The molecule has 0 bridgehead atoms. The molecule has 6 rings (SSSR count). The first-order chi connectivity index (χ1) is 18.8. The van der Waals surface area contributed by atoms with Crippen LogP contribution in [-0.4, -0.2) is 8.42 Å². The average Bonchev–Trinajstić information content (AvgIpc) is 3.16. The summed E-state index contributed by atoms with van der Waals surface area (Å²) < 4.78 is 31.6. The molecule has 2 aliphatic rings. The molecule has 0 atom stereocenters. The monoisotopic (exact) mass is 587 g/mol. The molecule has 0 radical (unpaired) electrons. The van der Waals surface area contributed by atoms with Gasteiger partial charge in [-0.25, -0.2) is 12.7 Å². The number of allylic oxidation sites excluding steroid dienone is 1. The Balaban J connectivity index is 1.83. The second-order valence-corrected chi connectivity index (χ2v) is 14.5. The molecule has 0 saturated heterocycles. The molecule has 0 unspecified atom stereocenters. The minimum absolute atomic E-state index is 0.150. The lowest BCUT2D eigenvalue weighted by molar-refractivity contribution is 0.457. The second kappa shape index (κ2) is 8.97. The number of hydrogen-bond donors (Lipinski definition) is 0. The van der Waals surface area contributed by atoms with Crippen LogP contribution in [0.4, 0.5) is 5.69 Å². The van der Waals surface area contributed by atoms with Crippen molar-refractivity contribution in [2.75, 3.05) is 4.31 Å². The number of benzene rings is 4. The van der Waals surface area contributed by atoms with Gasteiger partial charge in [-0.2, -0.15) is 0 Å². The van der Waals surface area contributed by atoms with E-state index in [1.807, 2.05) is 91.9 Å². The van der Waals surface area contributed by atoms with Crippen LogP contribution in [0.2, 0.25) is 10.0 Å². The van der Waals surface area contributed by atoms with E-state index in [2.05, 4.69) is 27.7 Å². The van der Waals surface area contributed by atoms with Gasteiger partial charge in [0, 0.05) is 15.6 Å². The van der Waals surface area contributed by atoms with Crippen LogP contribution in [0.5, 0.6) is 0 Å². The number of anilines is 1. The van der Waals surface area contributed by atoms with Crippen molar-refractivity contribution >= 4 is 44.5 Å². The van der Waals surface area contributed by atoms with E-state index in [-0.39, 0.29) is 15.7 Å². The van der Waals surface area contributed by atoms with E-state index in [1.54, 1.807) is 16.4 Å². The molecular formula is C34H31Cl2NO2S. The SMILES string of the molecule is Cc1ccc(S(=O)(=O)N2c3ccccc3C(=C3C(C)(C)C3(C)C)C2(c2ccc(Cl)cc2)c2ccc(Cl)cc2)cc1. The Morgan fingerprint density at radius 1 is 0.650 bits per heavy atom. The summed E-state index contributed by atoms with van der Waals surface area (Å²) in [6.45, 7) is 10.9. The highest BCUT2D eigenvalue weighted by molar-refractivity contribution is 7.93. The predicted octanol–water partition coefficient (Wildman–Crippen LogP) is 9.27. The quantitative estimate of drug-likeness (QED) is 0.238. The highest BCUT2D eigenvalue weighted by Crippen LogP contribution is 2.74. The number of fused-ring (bicyclic) bond motifs is 1. The van der Waals surface area contributed by atoms with Crippen LogP contribution < -0.4 is 4.31 Å². The van der Waals surface area contributed by atoms with Gasteiger partial charge in [-0.1, -0.05) is 117 Å². The van der Waals surface area contributed by atoms with E-state index < -0.39 is 15.6 Å². The first-order valence-electron chi connectivity index (χ1n) is 13.3. The molecular weight excluding hydrogens is 557 g/mol. The zero-order valence-electron chi connectivity index (χ0n) is 23.2. The molecule has 0 aromatic heterocycles.